The van der Waals surface area contributed by atoms with Crippen LogP contribution in [0.5, 0.6) is 0 Å². The summed E-state index contributed by atoms with van der Waals surface area (Å²) in [5.41, 5.74) is 25.0. The number of fused-ring (bicyclic) bond motifs is 7. The predicted molar refractivity (Wildman–Crippen MR) is 224 cm³/mol. The molecule has 0 unspecified atom stereocenters. The van der Waals surface area contributed by atoms with E-state index in [0.717, 1.165) is 33.3 Å². The van der Waals surface area contributed by atoms with E-state index in [-0.39, 0.29) is 10.8 Å². The third-order valence-corrected chi connectivity index (χ3v) is 12.7. The summed E-state index contributed by atoms with van der Waals surface area (Å²) in [6.07, 6.45) is 0. The van der Waals surface area contributed by atoms with Crippen LogP contribution in [0.1, 0.15) is 61.1 Å². The molecule has 8 aromatic rings. The summed E-state index contributed by atoms with van der Waals surface area (Å²) in [6, 6.07) is 50.0. The molecule has 0 saturated carbocycles. The second-order valence-corrected chi connectivity index (χ2v) is 16.7. The molecule has 0 radical (unpaired) electrons. The van der Waals surface area contributed by atoms with Crippen molar-refractivity contribution in [1.82, 2.24) is 8.75 Å². The van der Waals surface area contributed by atoms with E-state index in [0.29, 0.717) is 0 Å². The minimum Gasteiger partial charge on any atom is -0.172 e. The van der Waals surface area contributed by atoms with Crippen LogP contribution in [0.3, 0.4) is 0 Å². The van der Waals surface area contributed by atoms with Crippen LogP contribution >= 0.6 is 11.7 Å². The zero-order valence-corrected chi connectivity index (χ0v) is 31.8. The Morgan fingerprint density at radius 3 is 1.04 bits per heavy atom. The molecule has 0 saturated heterocycles. The summed E-state index contributed by atoms with van der Waals surface area (Å²) in [7, 11) is 0. The number of aryl methyl sites for hydroxylation is 2. The first-order valence-electron chi connectivity index (χ1n) is 18.6. The molecule has 0 amide bonds. The number of hydrogen-bond donors (Lipinski definition) is 0. The summed E-state index contributed by atoms with van der Waals surface area (Å²) in [4.78, 5) is 0. The van der Waals surface area contributed by atoms with Gasteiger partial charge in [0.25, 0.3) is 0 Å². The Balaban J connectivity index is 0.933. The topological polar surface area (TPSA) is 25.8 Å². The van der Waals surface area contributed by atoms with Gasteiger partial charge in [0.2, 0.25) is 0 Å². The third kappa shape index (κ3) is 4.84. The maximum absolute atomic E-state index is 4.81. The van der Waals surface area contributed by atoms with Crippen molar-refractivity contribution in [2.75, 3.05) is 0 Å². The molecule has 0 aliphatic heterocycles. The number of nitrogens with zero attached hydrogens (tertiary/aromatic N) is 2. The lowest BCUT2D eigenvalue weighted by Gasteiger charge is -2.22. The molecule has 0 bridgehead atoms. The molecule has 53 heavy (non-hydrogen) atoms. The minimum absolute atomic E-state index is 0.0245. The smallest absolute Gasteiger partial charge is 0.113 e. The molecule has 1 aromatic heterocycles. The van der Waals surface area contributed by atoms with Gasteiger partial charge in [-0.25, -0.2) is 0 Å². The summed E-state index contributed by atoms with van der Waals surface area (Å²) in [5, 5.41) is 0. The van der Waals surface area contributed by atoms with Crippen LogP contribution in [-0.2, 0) is 10.8 Å². The van der Waals surface area contributed by atoms with Crippen molar-refractivity contribution in [1.29, 1.82) is 0 Å². The van der Waals surface area contributed by atoms with Gasteiger partial charge in [0.05, 0.1) is 11.7 Å². The average Bonchev–Trinajstić information content (AvgIpc) is 3.81. The van der Waals surface area contributed by atoms with Crippen LogP contribution in [0.15, 0.2) is 133 Å². The van der Waals surface area contributed by atoms with E-state index in [4.69, 9.17) is 8.75 Å². The van der Waals surface area contributed by atoms with Gasteiger partial charge in [0, 0.05) is 22.0 Å². The Morgan fingerprint density at radius 2 is 0.642 bits per heavy atom. The van der Waals surface area contributed by atoms with E-state index in [1.165, 1.54) is 89.6 Å². The first-order chi connectivity index (χ1) is 25.6. The molecular weight excluding hydrogens is 661 g/mol. The van der Waals surface area contributed by atoms with Gasteiger partial charge in [0.15, 0.2) is 0 Å². The first kappa shape index (κ1) is 32.0. The second-order valence-electron chi connectivity index (χ2n) is 16.1. The van der Waals surface area contributed by atoms with E-state index >= 15 is 0 Å². The SMILES string of the molecule is Cc1ccc2c(c1)C(C)(C)c1cc(-c3ccc(-c4ccc(-c5ccc(-c6ccc7c(c6)C(C)(C)c6cc(C)ccc6-7)cc5)c5nsnc45)cc3)ccc1-2. The monoisotopic (exact) mass is 700 g/mol. The number of hydrogen-bond acceptors (Lipinski definition) is 3. The van der Waals surface area contributed by atoms with Crippen molar-refractivity contribution in [3.05, 3.63) is 167 Å². The molecule has 0 fully saturated rings. The average molecular weight is 701 g/mol. The van der Waals surface area contributed by atoms with E-state index in [9.17, 15) is 0 Å². The van der Waals surface area contributed by atoms with Gasteiger partial charge in [-0.05, 0) is 104 Å². The molecule has 10 rings (SSSR count). The van der Waals surface area contributed by atoms with Crippen molar-refractivity contribution in [2.45, 2.75) is 52.4 Å². The fourth-order valence-electron chi connectivity index (χ4n) is 9.08. The lowest BCUT2D eigenvalue weighted by Crippen LogP contribution is -2.15. The second kappa shape index (κ2) is 11.4. The molecule has 7 aromatic carbocycles. The summed E-state index contributed by atoms with van der Waals surface area (Å²) >= 11 is 1.28. The Morgan fingerprint density at radius 1 is 0.340 bits per heavy atom. The highest BCUT2D eigenvalue weighted by molar-refractivity contribution is 7.00. The van der Waals surface area contributed by atoms with Gasteiger partial charge in [-0.15, -0.1) is 0 Å². The van der Waals surface area contributed by atoms with Crippen LogP contribution < -0.4 is 0 Å². The standard InChI is InChI=1S/C50H40N2S/c1-29-7-19-39-41-21-17-35(27-45(41)49(3,4)43(39)25-29)31-9-13-33(14-10-31)37-23-24-38(48-47(37)51-53-52-48)34-15-11-32(12-16-34)36-18-22-42-40-20-8-30(2)26-44(40)50(5,6)46(42)28-36/h7-28H,1-6H3. The van der Waals surface area contributed by atoms with Crippen molar-refractivity contribution < 1.29 is 0 Å². The Bertz CT molecular complexity index is 2590. The normalized spacial score (nSPS) is 14.5. The van der Waals surface area contributed by atoms with Crippen molar-refractivity contribution in [2.24, 2.45) is 0 Å². The number of rotatable bonds is 4. The molecular formula is C50H40N2S. The van der Waals surface area contributed by atoms with Gasteiger partial charge in [-0.3, -0.25) is 0 Å². The van der Waals surface area contributed by atoms with E-state index in [2.05, 4.69) is 175 Å². The van der Waals surface area contributed by atoms with E-state index in [1.807, 2.05) is 0 Å². The van der Waals surface area contributed by atoms with Gasteiger partial charge < -0.3 is 0 Å². The van der Waals surface area contributed by atoms with Gasteiger partial charge >= 0.3 is 0 Å². The largest absolute Gasteiger partial charge is 0.172 e. The zero-order chi connectivity index (χ0) is 36.2. The highest BCUT2D eigenvalue weighted by atomic mass is 32.1. The van der Waals surface area contributed by atoms with Gasteiger partial charge in [0.1, 0.15) is 11.0 Å². The van der Waals surface area contributed by atoms with E-state index < -0.39 is 0 Å². The first-order valence-corrected chi connectivity index (χ1v) is 19.3. The molecule has 2 aliphatic rings. The minimum atomic E-state index is -0.0245. The van der Waals surface area contributed by atoms with Crippen LogP contribution in [0.2, 0.25) is 0 Å². The van der Waals surface area contributed by atoms with Gasteiger partial charge in [-0.1, -0.05) is 160 Å². The highest BCUT2D eigenvalue weighted by Gasteiger charge is 2.36. The Hall–Kier alpha value is -5.64. The summed E-state index contributed by atoms with van der Waals surface area (Å²) in [6.45, 7) is 13.8. The molecule has 3 heteroatoms. The zero-order valence-electron chi connectivity index (χ0n) is 31.0. The van der Waals surface area contributed by atoms with E-state index in [1.54, 1.807) is 0 Å². The molecule has 1 heterocycles. The highest BCUT2D eigenvalue weighted by Crippen LogP contribution is 2.51. The lowest BCUT2D eigenvalue weighted by atomic mass is 9.81. The number of benzene rings is 7. The third-order valence-electron chi connectivity index (χ3n) is 12.1. The van der Waals surface area contributed by atoms with Crippen LogP contribution in [-0.4, -0.2) is 8.75 Å². The lowest BCUT2D eigenvalue weighted by molar-refractivity contribution is 0.660. The molecule has 0 N–H and O–H groups in total. The van der Waals surface area contributed by atoms with Crippen molar-refractivity contribution in [3.63, 3.8) is 0 Å². The van der Waals surface area contributed by atoms with Gasteiger partial charge in [-0.2, -0.15) is 8.75 Å². The predicted octanol–water partition coefficient (Wildman–Crippen LogP) is 13.6. The molecule has 2 nitrogen and oxygen atoms in total. The Kier molecular flexibility index (Phi) is 6.91. The maximum atomic E-state index is 4.81. The number of aromatic nitrogens is 2. The van der Waals surface area contributed by atoms with Crippen LogP contribution in [0, 0.1) is 13.8 Å². The fourth-order valence-corrected chi connectivity index (χ4v) is 9.65. The molecule has 0 atom stereocenters. The summed E-state index contributed by atoms with van der Waals surface area (Å²) < 4.78 is 9.62. The quantitative estimate of drug-likeness (QED) is 0.183. The fraction of sp³-hybridized carbons (Fsp3) is 0.160. The summed E-state index contributed by atoms with van der Waals surface area (Å²) in [5.74, 6) is 0. The van der Waals surface area contributed by atoms with Crippen LogP contribution in [0.4, 0.5) is 0 Å². The van der Waals surface area contributed by atoms with Crippen LogP contribution in [0.25, 0.3) is 77.8 Å². The Labute approximate surface area is 316 Å². The molecule has 256 valence electrons. The van der Waals surface area contributed by atoms with Crippen molar-refractivity contribution in [3.8, 4) is 66.8 Å². The van der Waals surface area contributed by atoms with Crippen molar-refractivity contribution >= 4 is 22.8 Å². The maximum Gasteiger partial charge on any atom is 0.113 e. The molecule has 2 aliphatic carbocycles. The molecule has 0 spiro atoms.